The fourth-order valence-corrected chi connectivity index (χ4v) is 2.51. The number of carbonyl (C=O) groups excluding carboxylic acids is 1. The molecule has 0 unspecified atom stereocenters. The highest BCUT2D eigenvalue weighted by Gasteiger charge is 2.24. The van der Waals surface area contributed by atoms with Crippen molar-refractivity contribution in [3.05, 3.63) is 18.0 Å². The van der Waals surface area contributed by atoms with Gasteiger partial charge in [-0.05, 0) is 12.0 Å². The first-order chi connectivity index (χ1) is 10.2. The van der Waals surface area contributed by atoms with Gasteiger partial charge in [-0.25, -0.2) is 4.79 Å². The number of nitrogens with one attached hydrogen (secondary N) is 3. The van der Waals surface area contributed by atoms with Crippen LogP contribution in [-0.4, -0.2) is 60.0 Å². The first kappa shape index (κ1) is 15.8. The predicted molar refractivity (Wildman–Crippen MR) is 79.8 cm³/mol. The van der Waals surface area contributed by atoms with Crippen molar-refractivity contribution in [2.45, 2.75) is 26.4 Å². The van der Waals surface area contributed by atoms with Crippen LogP contribution < -0.4 is 10.6 Å². The molecule has 1 fully saturated rings. The van der Waals surface area contributed by atoms with Gasteiger partial charge in [-0.2, -0.15) is 5.10 Å². The number of amides is 2. The lowest BCUT2D eigenvalue weighted by Crippen LogP contribution is -2.52. The molecular weight excluding hydrogens is 270 g/mol. The Morgan fingerprint density at radius 2 is 2.19 bits per heavy atom. The normalized spacial score (nSPS) is 17.7. The highest BCUT2D eigenvalue weighted by atomic mass is 16.5. The molecular formula is C14H25N5O2. The van der Waals surface area contributed by atoms with Gasteiger partial charge in [-0.3, -0.25) is 10.00 Å². The Balaban J connectivity index is 1.74. The number of urea groups is 1. The number of morpholine rings is 1. The molecule has 0 aliphatic carbocycles. The van der Waals surface area contributed by atoms with E-state index >= 15 is 0 Å². The van der Waals surface area contributed by atoms with Gasteiger partial charge in [0.1, 0.15) is 0 Å². The molecule has 0 spiro atoms. The summed E-state index contributed by atoms with van der Waals surface area (Å²) < 4.78 is 5.38. The average Bonchev–Trinajstić information content (AvgIpc) is 2.99. The second-order valence-electron chi connectivity index (χ2n) is 5.61. The summed E-state index contributed by atoms with van der Waals surface area (Å²) in [7, 11) is 0. The average molecular weight is 295 g/mol. The Bertz CT molecular complexity index is 415. The molecule has 0 aromatic carbocycles. The summed E-state index contributed by atoms with van der Waals surface area (Å²) in [4.78, 5) is 14.2. The third-order valence-electron chi connectivity index (χ3n) is 3.75. The van der Waals surface area contributed by atoms with E-state index in [1.165, 1.54) is 0 Å². The molecule has 2 amide bonds. The third kappa shape index (κ3) is 5.02. The Morgan fingerprint density at radius 3 is 2.81 bits per heavy atom. The summed E-state index contributed by atoms with van der Waals surface area (Å²) in [5, 5.41) is 12.4. The van der Waals surface area contributed by atoms with Gasteiger partial charge in [0.2, 0.25) is 0 Å². The van der Waals surface area contributed by atoms with E-state index in [-0.39, 0.29) is 6.03 Å². The minimum atomic E-state index is -0.150. The summed E-state index contributed by atoms with van der Waals surface area (Å²) in [5.74, 6) is 0.482. The predicted octanol–water partition coefficient (Wildman–Crippen LogP) is 0.566. The number of hydrogen-bond donors (Lipinski definition) is 3. The van der Waals surface area contributed by atoms with E-state index in [2.05, 4.69) is 39.6 Å². The van der Waals surface area contributed by atoms with Crippen molar-refractivity contribution in [2.24, 2.45) is 5.92 Å². The van der Waals surface area contributed by atoms with E-state index in [1.807, 2.05) is 6.07 Å². The largest absolute Gasteiger partial charge is 0.379 e. The molecule has 0 bridgehead atoms. The topological polar surface area (TPSA) is 82.3 Å². The van der Waals surface area contributed by atoms with Crippen LogP contribution in [0.15, 0.2) is 12.3 Å². The van der Waals surface area contributed by atoms with Crippen molar-refractivity contribution in [2.75, 3.05) is 32.8 Å². The fourth-order valence-electron chi connectivity index (χ4n) is 2.51. The molecule has 2 heterocycles. The van der Waals surface area contributed by atoms with Crippen LogP contribution in [0.25, 0.3) is 0 Å². The van der Waals surface area contributed by atoms with Crippen LogP contribution >= 0.6 is 0 Å². The number of rotatable bonds is 6. The molecule has 3 N–H and O–H groups in total. The number of hydrogen-bond acceptors (Lipinski definition) is 4. The minimum Gasteiger partial charge on any atom is -0.379 e. The molecule has 1 aromatic heterocycles. The van der Waals surface area contributed by atoms with Crippen LogP contribution in [0, 0.1) is 5.92 Å². The van der Waals surface area contributed by atoms with Crippen LogP contribution in [0.4, 0.5) is 4.79 Å². The van der Waals surface area contributed by atoms with Crippen LogP contribution in [0.5, 0.6) is 0 Å². The van der Waals surface area contributed by atoms with E-state index in [9.17, 15) is 4.79 Å². The maximum absolute atomic E-state index is 11.8. The van der Waals surface area contributed by atoms with Crippen LogP contribution in [0.2, 0.25) is 0 Å². The number of H-pyrrole nitrogens is 1. The van der Waals surface area contributed by atoms with E-state index in [0.29, 0.717) is 25.0 Å². The van der Waals surface area contributed by atoms with Gasteiger partial charge in [-0.15, -0.1) is 0 Å². The Hall–Kier alpha value is -1.60. The van der Waals surface area contributed by atoms with E-state index in [1.54, 1.807) is 6.20 Å². The van der Waals surface area contributed by atoms with Crippen molar-refractivity contribution >= 4 is 6.03 Å². The monoisotopic (exact) mass is 295 g/mol. The minimum absolute atomic E-state index is 0.150. The highest BCUT2D eigenvalue weighted by molar-refractivity contribution is 5.73. The van der Waals surface area contributed by atoms with Gasteiger partial charge in [0.25, 0.3) is 0 Å². The smallest absolute Gasteiger partial charge is 0.315 e. The molecule has 1 aliphatic heterocycles. The Labute approximate surface area is 125 Å². The molecule has 118 valence electrons. The Morgan fingerprint density at radius 1 is 1.43 bits per heavy atom. The second kappa shape index (κ2) is 7.99. The second-order valence-corrected chi connectivity index (χ2v) is 5.61. The summed E-state index contributed by atoms with van der Waals surface area (Å²) in [5.41, 5.74) is 0.888. The SMILES string of the molecule is CC(C)[C@@H](CNC(=O)NCc1ccn[nH]1)N1CCOCC1. The van der Waals surface area contributed by atoms with E-state index in [0.717, 1.165) is 32.0 Å². The molecule has 1 saturated heterocycles. The van der Waals surface area contributed by atoms with Crippen LogP contribution in [0.1, 0.15) is 19.5 Å². The maximum Gasteiger partial charge on any atom is 0.315 e. The molecule has 21 heavy (non-hydrogen) atoms. The zero-order valence-electron chi connectivity index (χ0n) is 12.8. The molecule has 7 nitrogen and oxygen atoms in total. The molecule has 7 heteroatoms. The first-order valence-corrected chi connectivity index (χ1v) is 7.48. The lowest BCUT2D eigenvalue weighted by atomic mass is 10.0. The van der Waals surface area contributed by atoms with Gasteiger partial charge in [0.15, 0.2) is 0 Å². The van der Waals surface area contributed by atoms with Gasteiger partial charge >= 0.3 is 6.03 Å². The highest BCUT2D eigenvalue weighted by Crippen LogP contribution is 2.12. The van der Waals surface area contributed by atoms with Crippen molar-refractivity contribution < 1.29 is 9.53 Å². The van der Waals surface area contributed by atoms with Crippen LogP contribution in [-0.2, 0) is 11.3 Å². The van der Waals surface area contributed by atoms with Gasteiger partial charge in [0, 0.05) is 31.9 Å². The van der Waals surface area contributed by atoms with Crippen molar-refractivity contribution in [1.29, 1.82) is 0 Å². The lowest BCUT2D eigenvalue weighted by Gasteiger charge is -2.36. The molecule has 1 aliphatic rings. The zero-order chi connectivity index (χ0) is 15.1. The van der Waals surface area contributed by atoms with E-state index < -0.39 is 0 Å². The van der Waals surface area contributed by atoms with Gasteiger partial charge in [0.05, 0.1) is 25.5 Å². The molecule has 1 atom stereocenters. The molecule has 0 radical (unpaired) electrons. The maximum atomic E-state index is 11.8. The summed E-state index contributed by atoms with van der Waals surface area (Å²) in [6.45, 7) is 8.88. The summed E-state index contributed by atoms with van der Waals surface area (Å²) in [6, 6.07) is 2.03. The van der Waals surface area contributed by atoms with Crippen molar-refractivity contribution in [1.82, 2.24) is 25.7 Å². The Kier molecular flexibility index (Phi) is 6.01. The van der Waals surface area contributed by atoms with Crippen molar-refractivity contribution in [3.63, 3.8) is 0 Å². The number of aromatic nitrogens is 2. The molecule has 1 aromatic rings. The number of nitrogens with zero attached hydrogens (tertiary/aromatic N) is 2. The zero-order valence-corrected chi connectivity index (χ0v) is 12.8. The van der Waals surface area contributed by atoms with E-state index in [4.69, 9.17) is 4.74 Å². The molecule has 2 rings (SSSR count). The lowest BCUT2D eigenvalue weighted by molar-refractivity contribution is 0.00719. The quantitative estimate of drug-likeness (QED) is 0.716. The number of carbonyl (C=O) groups is 1. The summed E-state index contributed by atoms with van der Waals surface area (Å²) in [6.07, 6.45) is 1.67. The number of ether oxygens (including phenoxy) is 1. The number of aromatic amines is 1. The first-order valence-electron chi connectivity index (χ1n) is 7.48. The van der Waals surface area contributed by atoms with Crippen molar-refractivity contribution in [3.8, 4) is 0 Å². The van der Waals surface area contributed by atoms with Gasteiger partial charge in [-0.1, -0.05) is 13.8 Å². The summed E-state index contributed by atoms with van der Waals surface area (Å²) >= 11 is 0. The third-order valence-corrected chi connectivity index (χ3v) is 3.75. The van der Waals surface area contributed by atoms with Crippen LogP contribution in [0.3, 0.4) is 0 Å². The fraction of sp³-hybridized carbons (Fsp3) is 0.714. The molecule has 0 saturated carbocycles. The standard InChI is InChI=1S/C14H25N5O2/c1-11(2)13(19-5-7-21-8-6-19)10-16-14(20)15-9-12-3-4-17-18-12/h3-4,11,13H,5-10H2,1-2H3,(H,17,18)(H2,15,16,20)/t13-/m1/s1. The van der Waals surface area contributed by atoms with Gasteiger partial charge < -0.3 is 15.4 Å².